The van der Waals surface area contributed by atoms with Crippen LogP contribution in [0.4, 0.5) is 4.79 Å². The largest absolute Gasteiger partial charge is 0.497 e. The Morgan fingerprint density at radius 1 is 1.03 bits per heavy atom. The van der Waals surface area contributed by atoms with Gasteiger partial charge in [-0.05, 0) is 63.6 Å². The summed E-state index contributed by atoms with van der Waals surface area (Å²) in [5.74, 6) is 1.27. The van der Waals surface area contributed by atoms with Crippen molar-refractivity contribution in [1.82, 2.24) is 15.5 Å². The van der Waals surface area contributed by atoms with E-state index in [1.54, 1.807) is 27.9 Å². The lowest BCUT2D eigenvalue weighted by Crippen LogP contribution is -2.42. The number of hydrogen-bond acceptors (Lipinski definition) is 5. The van der Waals surface area contributed by atoms with E-state index < -0.39 is 11.7 Å². The maximum Gasteiger partial charge on any atom is 0.407 e. The van der Waals surface area contributed by atoms with Crippen LogP contribution in [0.1, 0.15) is 52.0 Å². The van der Waals surface area contributed by atoms with Gasteiger partial charge in [-0.15, -0.1) is 0 Å². The molecule has 32 heavy (non-hydrogen) atoms. The van der Waals surface area contributed by atoms with Crippen molar-refractivity contribution in [2.24, 2.45) is 5.92 Å². The van der Waals surface area contributed by atoms with Crippen LogP contribution in [0.3, 0.4) is 0 Å². The molecule has 2 N–H and O–H groups in total. The first kappa shape index (κ1) is 25.5. The second-order valence-corrected chi connectivity index (χ2v) is 9.15. The van der Waals surface area contributed by atoms with Crippen LogP contribution in [0.15, 0.2) is 24.3 Å². The molecular formula is C24H37N3O5. The third-order valence-corrected chi connectivity index (χ3v) is 5.36. The maximum atomic E-state index is 12.4. The lowest BCUT2D eigenvalue weighted by Gasteiger charge is -2.32. The topological polar surface area (TPSA) is 97.0 Å². The molecule has 1 saturated heterocycles. The maximum absolute atomic E-state index is 12.4. The number of nitrogens with zero attached hydrogens (tertiary/aromatic N) is 1. The lowest BCUT2D eigenvalue weighted by molar-refractivity contribution is -0.132. The Labute approximate surface area is 191 Å². The monoisotopic (exact) mass is 447 g/mol. The minimum Gasteiger partial charge on any atom is -0.497 e. The predicted molar refractivity (Wildman–Crippen MR) is 122 cm³/mol. The molecule has 1 aromatic rings. The van der Waals surface area contributed by atoms with Gasteiger partial charge in [0.15, 0.2) is 0 Å². The van der Waals surface area contributed by atoms with Gasteiger partial charge >= 0.3 is 6.09 Å². The zero-order valence-electron chi connectivity index (χ0n) is 19.7. The molecule has 1 aliphatic heterocycles. The molecule has 1 aliphatic rings. The highest BCUT2D eigenvalue weighted by Gasteiger charge is 2.23. The van der Waals surface area contributed by atoms with E-state index in [4.69, 9.17) is 9.47 Å². The Morgan fingerprint density at radius 2 is 1.69 bits per heavy atom. The first-order chi connectivity index (χ1) is 15.2. The molecule has 2 rings (SSSR count). The van der Waals surface area contributed by atoms with Crippen LogP contribution in [0, 0.1) is 5.92 Å². The minimum atomic E-state index is -0.554. The molecular weight excluding hydrogens is 410 g/mol. The average molecular weight is 448 g/mol. The average Bonchev–Trinajstić information content (AvgIpc) is 2.75. The van der Waals surface area contributed by atoms with Crippen LogP contribution >= 0.6 is 0 Å². The highest BCUT2D eigenvalue weighted by atomic mass is 16.6. The van der Waals surface area contributed by atoms with Crippen molar-refractivity contribution >= 4 is 17.9 Å². The quantitative estimate of drug-likeness (QED) is 0.607. The summed E-state index contributed by atoms with van der Waals surface area (Å²) >= 11 is 0. The molecule has 0 aromatic heterocycles. The first-order valence-electron chi connectivity index (χ1n) is 11.3. The molecule has 178 valence electrons. The molecule has 8 heteroatoms. The van der Waals surface area contributed by atoms with Gasteiger partial charge < -0.3 is 25.0 Å². The molecule has 1 aromatic carbocycles. The van der Waals surface area contributed by atoms with E-state index in [9.17, 15) is 14.4 Å². The van der Waals surface area contributed by atoms with Gasteiger partial charge in [0.2, 0.25) is 11.8 Å². The summed E-state index contributed by atoms with van der Waals surface area (Å²) in [7, 11) is 1.63. The number of aryl methyl sites for hydroxylation is 1. The van der Waals surface area contributed by atoms with Gasteiger partial charge in [0.25, 0.3) is 0 Å². The van der Waals surface area contributed by atoms with Gasteiger partial charge in [0, 0.05) is 39.0 Å². The molecule has 0 saturated carbocycles. The van der Waals surface area contributed by atoms with Gasteiger partial charge in [-0.3, -0.25) is 9.59 Å². The summed E-state index contributed by atoms with van der Waals surface area (Å²) in [6.45, 7) is 7.65. The molecule has 0 aliphatic carbocycles. The van der Waals surface area contributed by atoms with E-state index in [1.807, 2.05) is 29.2 Å². The summed E-state index contributed by atoms with van der Waals surface area (Å²) < 4.78 is 10.3. The second-order valence-electron chi connectivity index (χ2n) is 9.15. The van der Waals surface area contributed by atoms with Crippen molar-refractivity contribution in [3.8, 4) is 5.75 Å². The number of carbonyl (C=O) groups excluding carboxylic acids is 3. The molecule has 0 bridgehead atoms. The van der Waals surface area contributed by atoms with Crippen LogP contribution in [0.2, 0.25) is 0 Å². The zero-order valence-corrected chi connectivity index (χ0v) is 19.7. The molecule has 0 unspecified atom stereocenters. The summed E-state index contributed by atoms with van der Waals surface area (Å²) in [6.07, 6.45) is 2.63. The number of amides is 3. The number of likely N-dealkylation sites (tertiary alicyclic amines) is 1. The fraction of sp³-hybridized carbons (Fsp3) is 0.625. The predicted octanol–water partition coefficient (Wildman–Crippen LogP) is 2.90. The smallest absolute Gasteiger partial charge is 0.407 e. The van der Waals surface area contributed by atoms with Crippen LogP contribution in [-0.4, -0.2) is 61.7 Å². The van der Waals surface area contributed by atoms with Crippen molar-refractivity contribution < 1.29 is 23.9 Å². The molecule has 0 atom stereocenters. The van der Waals surface area contributed by atoms with Gasteiger partial charge in [-0.2, -0.15) is 0 Å². The van der Waals surface area contributed by atoms with Crippen LogP contribution in [-0.2, 0) is 20.7 Å². The van der Waals surface area contributed by atoms with E-state index in [0.29, 0.717) is 38.4 Å². The van der Waals surface area contributed by atoms with E-state index in [1.165, 1.54) is 0 Å². The molecule has 0 radical (unpaired) electrons. The molecule has 1 fully saturated rings. The van der Waals surface area contributed by atoms with Crippen LogP contribution in [0.25, 0.3) is 0 Å². The standard InChI is InChI=1S/C24H37N3O5/c1-24(2,3)32-23(30)25-14-11-22(29)27-15-12-19(13-16-27)17-26-21(28)10-7-18-5-8-20(31-4)9-6-18/h5-6,8-9,19H,7,10-17H2,1-4H3,(H,25,30)(H,26,28). The van der Waals surface area contributed by atoms with Crippen molar-refractivity contribution in [3.63, 3.8) is 0 Å². The van der Waals surface area contributed by atoms with Crippen molar-refractivity contribution in [2.45, 2.75) is 58.5 Å². The zero-order chi connectivity index (χ0) is 23.6. The highest BCUT2D eigenvalue weighted by Crippen LogP contribution is 2.17. The highest BCUT2D eigenvalue weighted by molar-refractivity contribution is 5.77. The number of alkyl carbamates (subject to hydrolysis) is 1. The number of hydrogen-bond donors (Lipinski definition) is 2. The number of methoxy groups -OCH3 is 1. The fourth-order valence-corrected chi connectivity index (χ4v) is 3.53. The fourth-order valence-electron chi connectivity index (χ4n) is 3.53. The van der Waals surface area contributed by atoms with Gasteiger partial charge in [-0.25, -0.2) is 4.79 Å². The number of carbonyl (C=O) groups is 3. The Morgan fingerprint density at radius 3 is 2.28 bits per heavy atom. The Bertz CT molecular complexity index is 750. The number of ether oxygens (including phenoxy) is 2. The Hall–Kier alpha value is -2.77. The summed E-state index contributed by atoms with van der Waals surface area (Å²) in [6, 6.07) is 7.75. The van der Waals surface area contributed by atoms with Gasteiger partial charge in [0.05, 0.1) is 7.11 Å². The van der Waals surface area contributed by atoms with Crippen molar-refractivity contribution in [3.05, 3.63) is 29.8 Å². The van der Waals surface area contributed by atoms with E-state index in [-0.39, 0.29) is 24.8 Å². The van der Waals surface area contributed by atoms with Gasteiger partial charge in [0.1, 0.15) is 11.4 Å². The normalized spacial score (nSPS) is 14.6. The second kappa shape index (κ2) is 12.3. The van der Waals surface area contributed by atoms with E-state index >= 15 is 0 Å². The molecule has 8 nitrogen and oxygen atoms in total. The summed E-state index contributed by atoms with van der Waals surface area (Å²) in [5, 5.41) is 5.64. The van der Waals surface area contributed by atoms with Crippen molar-refractivity contribution in [2.75, 3.05) is 33.3 Å². The third kappa shape index (κ3) is 9.58. The molecule has 0 spiro atoms. The van der Waals surface area contributed by atoms with Crippen molar-refractivity contribution in [1.29, 1.82) is 0 Å². The number of piperidine rings is 1. The summed E-state index contributed by atoms with van der Waals surface area (Å²) in [5.41, 5.74) is 0.551. The van der Waals surface area contributed by atoms with E-state index in [2.05, 4.69) is 10.6 Å². The van der Waals surface area contributed by atoms with Crippen LogP contribution in [0.5, 0.6) is 5.75 Å². The minimum absolute atomic E-state index is 0.0306. The summed E-state index contributed by atoms with van der Waals surface area (Å²) in [4.78, 5) is 38.0. The van der Waals surface area contributed by atoms with Crippen LogP contribution < -0.4 is 15.4 Å². The Kier molecular flexibility index (Phi) is 9.81. The van der Waals surface area contributed by atoms with E-state index in [0.717, 1.165) is 24.2 Å². The number of rotatable bonds is 9. The molecule has 1 heterocycles. The number of nitrogens with one attached hydrogen (secondary N) is 2. The SMILES string of the molecule is COc1ccc(CCC(=O)NCC2CCN(C(=O)CCNC(=O)OC(C)(C)C)CC2)cc1. The molecule has 3 amide bonds. The Balaban J connectivity index is 1.58. The first-order valence-corrected chi connectivity index (χ1v) is 11.3. The lowest BCUT2D eigenvalue weighted by atomic mass is 9.96. The van der Waals surface area contributed by atoms with Gasteiger partial charge in [-0.1, -0.05) is 12.1 Å². The number of benzene rings is 1. The third-order valence-electron chi connectivity index (χ3n) is 5.36.